The Morgan fingerprint density at radius 3 is 2.10 bits per heavy atom. The second kappa shape index (κ2) is 17.5. The highest BCUT2D eigenvalue weighted by Gasteiger charge is 2.04. The van der Waals surface area contributed by atoms with E-state index in [1.54, 1.807) is 0 Å². The van der Waals surface area contributed by atoms with E-state index in [-0.39, 0.29) is 35.9 Å². The van der Waals surface area contributed by atoms with Crippen LogP contribution in [0.25, 0.3) is 0 Å². The van der Waals surface area contributed by atoms with Gasteiger partial charge in [-0.1, -0.05) is 51.9 Å². The minimum absolute atomic E-state index is 0. The lowest BCUT2D eigenvalue weighted by Crippen LogP contribution is -2.03. The van der Waals surface area contributed by atoms with Crippen molar-refractivity contribution in [2.45, 2.75) is 77.6 Å². The molecule has 0 radical (unpaired) electrons. The topological polar surface area (TPSA) is 63.6 Å². The summed E-state index contributed by atoms with van der Waals surface area (Å²) in [6.07, 6.45) is 14.1. The average molecular weight is 311 g/mol. The number of hydrogen-bond donors (Lipinski definition) is 1. The van der Waals surface area contributed by atoms with E-state index in [4.69, 9.17) is 9.84 Å². The Balaban J connectivity index is 0. The van der Waals surface area contributed by atoms with Gasteiger partial charge in [0.25, 0.3) is 0 Å². The minimum Gasteiger partial charge on any atom is -0.481 e. The van der Waals surface area contributed by atoms with E-state index >= 15 is 0 Å². The third-order valence-electron chi connectivity index (χ3n) is 3.06. The third-order valence-corrected chi connectivity index (χ3v) is 3.06. The molecule has 0 unspecified atom stereocenters. The van der Waals surface area contributed by atoms with Gasteiger partial charge in [-0.2, -0.15) is 0 Å². The monoisotopic (exact) mass is 310 g/mol. The van der Waals surface area contributed by atoms with Crippen molar-refractivity contribution in [3.63, 3.8) is 0 Å². The van der Waals surface area contributed by atoms with E-state index in [1.165, 1.54) is 51.2 Å². The van der Waals surface area contributed by atoms with Crippen LogP contribution in [0.3, 0.4) is 0 Å². The first-order chi connectivity index (χ1) is 9.66. The van der Waals surface area contributed by atoms with Crippen molar-refractivity contribution in [3.8, 4) is 0 Å². The Kier molecular flexibility index (Phi) is 18.9. The van der Waals surface area contributed by atoms with Gasteiger partial charge in [-0.15, -0.1) is 0 Å². The first-order valence-electron chi connectivity index (χ1n) is 7.73. The lowest BCUT2D eigenvalue weighted by atomic mass is 10.1. The number of unbranched alkanes of at least 4 members (excludes halogenated alkanes) is 8. The Morgan fingerprint density at radius 1 is 0.952 bits per heavy atom. The van der Waals surface area contributed by atoms with Gasteiger partial charge in [0.2, 0.25) is 0 Å². The molecule has 21 heavy (non-hydrogen) atoms. The summed E-state index contributed by atoms with van der Waals surface area (Å²) in [4.78, 5) is 21.3. The molecule has 0 saturated carbocycles. The van der Waals surface area contributed by atoms with Crippen molar-refractivity contribution in [2.24, 2.45) is 0 Å². The molecule has 0 fully saturated rings. The summed E-state index contributed by atoms with van der Waals surface area (Å²) in [6, 6.07) is 0. The van der Waals surface area contributed by atoms with E-state index in [1.807, 2.05) is 6.08 Å². The zero-order valence-electron chi connectivity index (χ0n) is 12.6. The van der Waals surface area contributed by atoms with Crippen molar-refractivity contribution in [1.82, 2.24) is 0 Å². The first-order valence-corrected chi connectivity index (χ1v) is 7.73. The molecule has 1 N–H and O–H groups in total. The van der Waals surface area contributed by atoms with Gasteiger partial charge < -0.3 is 9.84 Å². The van der Waals surface area contributed by atoms with Crippen LogP contribution in [0.4, 0.5) is 0 Å². The van der Waals surface area contributed by atoms with Gasteiger partial charge >= 0.3 is 35.0 Å². The third kappa shape index (κ3) is 19.4. The highest BCUT2D eigenvalue weighted by atomic mass is 24.3. The van der Waals surface area contributed by atoms with Crippen LogP contribution in [-0.4, -0.2) is 40.1 Å². The van der Waals surface area contributed by atoms with Crippen molar-refractivity contribution >= 4 is 35.0 Å². The smallest absolute Gasteiger partial charge is 0.316 e. The summed E-state index contributed by atoms with van der Waals surface area (Å²) in [7, 11) is 0. The highest BCUT2D eigenvalue weighted by Crippen LogP contribution is 2.09. The van der Waals surface area contributed by atoms with Gasteiger partial charge in [-0.3, -0.25) is 9.59 Å². The lowest BCUT2D eigenvalue weighted by molar-refractivity contribution is -0.144. The molecule has 0 atom stereocenters. The van der Waals surface area contributed by atoms with Crippen LogP contribution < -0.4 is 0 Å². The SMILES string of the molecule is CCCCCCCCCCC=COC(=O)CCC(=O)O.[MgH2]. The zero-order valence-corrected chi connectivity index (χ0v) is 12.6. The highest BCUT2D eigenvalue weighted by molar-refractivity contribution is 5.76. The van der Waals surface area contributed by atoms with Gasteiger partial charge in [-0.05, 0) is 18.9 Å². The number of carboxylic acid groups (broad SMARTS) is 1. The van der Waals surface area contributed by atoms with Crippen molar-refractivity contribution < 1.29 is 19.4 Å². The Hall–Kier alpha value is -0.554. The Morgan fingerprint density at radius 2 is 1.52 bits per heavy atom. The normalized spacial score (nSPS) is 10.3. The number of carboxylic acids is 1. The second-order valence-electron chi connectivity index (χ2n) is 5.02. The van der Waals surface area contributed by atoms with Crippen LogP contribution in [0.1, 0.15) is 77.6 Å². The van der Waals surface area contributed by atoms with Gasteiger partial charge in [-0.25, -0.2) is 0 Å². The maximum atomic E-state index is 11.1. The molecule has 0 aliphatic rings. The largest absolute Gasteiger partial charge is 0.481 e. The first kappa shape index (κ1) is 22.7. The fourth-order valence-electron chi connectivity index (χ4n) is 1.86. The van der Waals surface area contributed by atoms with Gasteiger partial charge in [0.1, 0.15) is 0 Å². The summed E-state index contributed by atoms with van der Waals surface area (Å²) in [5.41, 5.74) is 0. The number of allylic oxidation sites excluding steroid dienone is 1. The summed E-state index contributed by atoms with van der Waals surface area (Å²) >= 11 is 0. The molecule has 0 aliphatic carbocycles. The number of rotatable bonds is 13. The number of carbonyl (C=O) groups excluding carboxylic acids is 1. The Bertz CT molecular complexity index is 290. The molecular formula is C16H30MgO4. The number of aliphatic carboxylic acids is 1. The van der Waals surface area contributed by atoms with Gasteiger partial charge in [0, 0.05) is 0 Å². The maximum absolute atomic E-state index is 11.1. The molecule has 5 heteroatoms. The van der Waals surface area contributed by atoms with E-state index in [0.29, 0.717) is 0 Å². The molecule has 4 nitrogen and oxygen atoms in total. The fourth-order valence-corrected chi connectivity index (χ4v) is 1.86. The zero-order chi connectivity index (χ0) is 15.1. The summed E-state index contributed by atoms with van der Waals surface area (Å²) in [5, 5.41) is 8.40. The van der Waals surface area contributed by atoms with E-state index in [0.717, 1.165) is 12.8 Å². The molecule has 0 aromatic heterocycles. The molecule has 0 bridgehead atoms. The fraction of sp³-hybridized carbons (Fsp3) is 0.750. The number of hydrogen-bond acceptors (Lipinski definition) is 3. The van der Waals surface area contributed by atoms with Crippen molar-refractivity contribution in [2.75, 3.05) is 0 Å². The predicted molar refractivity (Wildman–Crippen MR) is 87.9 cm³/mol. The molecule has 0 spiro atoms. The standard InChI is InChI=1S/C16H28O4.Mg.2H/c1-2-3-4-5-6-7-8-9-10-11-14-20-16(19)13-12-15(17)18;;;/h11,14H,2-10,12-13H2,1H3,(H,17,18);;;. The van der Waals surface area contributed by atoms with Crippen LogP contribution in [0, 0.1) is 0 Å². The van der Waals surface area contributed by atoms with Gasteiger partial charge in [0.05, 0.1) is 19.1 Å². The summed E-state index contributed by atoms with van der Waals surface area (Å²) < 4.78 is 4.78. The van der Waals surface area contributed by atoms with Crippen LogP contribution in [0.15, 0.2) is 12.3 Å². The van der Waals surface area contributed by atoms with E-state index in [2.05, 4.69) is 6.92 Å². The van der Waals surface area contributed by atoms with Crippen molar-refractivity contribution in [1.29, 1.82) is 0 Å². The van der Waals surface area contributed by atoms with Crippen LogP contribution in [-0.2, 0) is 14.3 Å². The maximum Gasteiger partial charge on any atom is 0.316 e. The molecule has 0 saturated heterocycles. The molecule has 0 rings (SSSR count). The van der Waals surface area contributed by atoms with Crippen molar-refractivity contribution in [3.05, 3.63) is 12.3 Å². The summed E-state index contributed by atoms with van der Waals surface area (Å²) in [6.45, 7) is 2.22. The summed E-state index contributed by atoms with van der Waals surface area (Å²) in [5.74, 6) is -1.47. The quantitative estimate of drug-likeness (QED) is 0.245. The molecule has 0 amide bonds. The van der Waals surface area contributed by atoms with Crippen LogP contribution in [0.2, 0.25) is 0 Å². The second-order valence-corrected chi connectivity index (χ2v) is 5.02. The molecular weight excluding hydrogens is 280 g/mol. The lowest BCUT2D eigenvalue weighted by Gasteiger charge is -2.00. The number of ether oxygens (including phenoxy) is 1. The number of esters is 1. The van der Waals surface area contributed by atoms with Gasteiger partial charge in [0.15, 0.2) is 0 Å². The van der Waals surface area contributed by atoms with E-state index in [9.17, 15) is 9.59 Å². The van der Waals surface area contributed by atoms with E-state index < -0.39 is 11.9 Å². The minimum atomic E-state index is -0.982. The number of carbonyl (C=O) groups is 2. The molecule has 120 valence electrons. The molecule has 0 heterocycles. The predicted octanol–water partition coefficient (Wildman–Crippen LogP) is 3.52. The molecule has 0 aromatic carbocycles. The average Bonchev–Trinajstić information content (AvgIpc) is 2.42. The van der Waals surface area contributed by atoms with Crippen LogP contribution >= 0.6 is 0 Å². The molecule has 0 aromatic rings. The Labute approximate surface area is 144 Å². The van der Waals surface area contributed by atoms with Crippen LogP contribution in [0.5, 0.6) is 0 Å². The molecule has 0 aliphatic heterocycles.